The standard InChI is InChI=1S/C73H108O12.C29H53NO4.C18H28O3/c1-65(2,3)49-33-45(34-50(61(49)78)66(4,5)6)25-29-57(74)82-41-73(42-83-58(75)30-26-46-35-51(67(7,8)9)62(79)52(36-46)68(10,11)12,43-84-59(76)31-27-47-37-53(69(13,14)15)63(80)54(38-47)70(16,17)18)44-85-60(77)32-28-48-39-55(71(19,20)21)64(81)56(40-48)72(22,23)24;1-26(2)17-22(18-27(3,4)21-26)33-24(31)15-13-11-9-10-12-14-16-25(32)34-23-19-28(5,6)30-29(7,8)20-23;1-17(2,3)13-10-12(8-9-15(19)21-7)11-14(16(13)20)18(4,5)6/h33-40,78-81H,25-32,41-44H2,1-24H3;22-23,30H,9-21H2,1-8H3;10-11,20H,8-9H2,1-7H3. The molecule has 0 radical (unpaired) electrons. The van der Waals surface area contributed by atoms with Crippen molar-refractivity contribution in [1.29, 1.82) is 0 Å². The fourth-order valence-corrected chi connectivity index (χ4v) is 19.6. The van der Waals surface area contributed by atoms with E-state index in [4.69, 9.17) is 33.2 Å². The first-order valence-electron chi connectivity index (χ1n) is 51.7. The molecule has 20 nitrogen and oxygen atoms in total. The van der Waals surface area contributed by atoms with Gasteiger partial charge >= 0.3 is 41.8 Å². The number of hydrogen-bond donors (Lipinski definition) is 6. The maximum absolute atomic E-state index is 14.1. The van der Waals surface area contributed by atoms with Gasteiger partial charge in [-0.1, -0.05) is 322 Å². The number of rotatable bonds is 34. The topological polar surface area (TPSA) is 297 Å². The minimum absolute atomic E-state index is 0.00394. The van der Waals surface area contributed by atoms with Gasteiger partial charge in [0.1, 0.15) is 72.8 Å². The Morgan fingerprint density at radius 3 is 0.636 bits per heavy atom. The third kappa shape index (κ3) is 39.1. The Kier molecular flexibility index (Phi) is 41.7. The van der Waals surface area contributed by atoms with Gasteiger partial charge in [-0.15, -0.1) is 0 Å². The summed E-state index contributed by atoms with van der Waals surface area (Å²) in [5.41, 5.74) is 7.69. The summed E-state index contributed by atoms with van der Waals surface area (Å²) in [7, 11) is 1.40. The third-order valence-corrected chi connectivity index (χ3v) is 26.7. The average Bonchev–Trinajstić information content (AvgIpc) is 0.786. The first-order chi connectivity index (χ1) is 63.5. The van der Waals surface area contributed by atoms with Crippen LogP contribution in [0.25, 0.3) is 0 Å². The highest BCUT2D eigenvalue weighted by atomic mass is 16.6. The van der Waals surface area contributed by atoms with Gasteiger partial charge in [0.15, 0.2) is 0 Å². The molecule has 2 fully saturated rings. The Balaban J connectivity index is 0.000000506. The van der Waals surface area contributed by atoms with Crippen LogP contribution in [-0.4, -0.2) is 124 Å². The molecule has 0 atom stereocenters. The summed E-state index contributed by atoms with van der Waals surface area (Å²) in [6.07, 6.45) is 13.8. The van der Waals surface area contributed by atoms with Crippen molar-refractivity contribution in [2.75, 3.05) is 33.5 Å². The van der Waals surface area contributed by atoms with Crippen LogP contribution in [0.4, 0.5) is 0 Å². The van der Waals surface area contributed by atoms with Crippen molar-refractivity contribution in [3.8, 4) is 28.7 Å². The predicted octanol–water partition coefficient (Wildman–Crippen LogP) is 27.1. The Hall–Kier alpha value is -8.65. The Labute approximate surface area is 845 Å². The van der Waals surface area contributed by atoms with E-state index in [0.717, 1.165) is 148 Å². The number of phenolic OH excluding ortho intramolecular Hbond substituents is 5. The third-order valence-electron chi connectivity index (χ3n) is 26.7. The van der Waals surface area contributed by atoms with Crippen molar-refractivity contribution in [3.05, 3.63) is 144 Å². The van der Waals surface area contributed by atoms with Gasteiger partial charge < -0.3 is 64.0 Å². The number of benzene rings is 5. The van der Waals surface area contributed by atoms with Crippen LogP contribution in [0, 0.1) is 16.2 Å². The van der Waals surface area contributed by atoms with Crippen molar-refractivity contribution >= 4 is 41.8 Å². The summed E-state index contributed by atoms with van der Waals surface area (Å²) in [5.74, 6) is -1.42. The second-order valence-electron chi connectivity index (χ2n) is 54.0. The largest absolute Gasteiger partial charge is 0.507 e. The smallest absolute Gasteiger partial charge is 0.306 e. The number of nitrogens with one attached hydrogen (secondary N) is 1. The highest BCUT2D eigenvalue weighted by Gasteiger charge is 2.44. The number of aromatic hydroxyl groups is 5. The lowest BCUT2D eigenvalue weighted by molar-refractivity contribution is -0.171. The van der Waals surface area contributed by atoms with Gasteiger partial charge in [0, 0.05) is 68.9 Å². The van der Waals surface area contributed by atoms with E-state index in [1.807, 2.05) is 227 Å². The number of hydrogen-bond acceptors (Lipinski definition) is 20. The average molecular weight is 1950 g/mol. The van der Waals surface area contributed by atoms with Crippen molar-refractivity contribution in [2.24, 2.45) is 16.2 Å². The van der Waals surface area contributed by atoms with Crippen LogP contribution in [0.5, 0.6) is 28.7 Å². The molecule has 5 aromatic carbocycles. The molecule has 140 heavy (non-hydrogen) atoms. The van der Waals surface area contributed by atoms with Gasteiger partial charge in [-0.2, -0.15) is 0 Å². The van der Waals surface area contributed by atoms with Crippen molar-refractivity contribution in [1.82, 2.24) is 5.32 Å². The van der Waals surface area contributed by atoms with Crippen LogP contribution in [0.2, 0.25) is 0 Å². The molecule has 1 saturated heterocycles. The van der Waals surface area contributed by atoms with Gasteiger partial charge in [-0.25, -0.2) is 0 Å². The molecule has 0 aromatic heterocycles. The van der Waals surface area contributed by atoms with Crippen molar-refractivity contribution in [2.45, 2.75) is 488 Å². The van der Waals surface area contributed by atoms with Crippen LogP contribution in [0.1, 0.15) is 462 Å². The maximum Gasteiger partial charge on any atom is 0.306 e. The van der Waals surface area contributed by atoms with Gasteiger partial charge in [-0.05, 0) is 240 Å². The van der Waals surface area contributed by atoms with E-state index in [-0.39, 0.29) is 137 Å². The molecule has 20 heteroatoms. The van der Waals surface area contributed by atoms with Crippen LogP contribution < -0.4 is 5.32 Å². The number of ether oxygens (including phenoxy) is 7. The first kappa shape index (κ1) is 122. The summed E-state index contributed by atoms with van der Waals surface area (Å²) < 4.78 is 40.7. The molecule has 2 aliphatic rings. The normalized spacial score (nSPS) is 15.7. The quantitative estimate of drug-likeness (QED) is 0.0127. The minimum Gasteiger partial charge on any atom is -0.507 e. The molecule has 1 aliphatic heterocycles. The summed E-state index contributed by atoms with van der Waals surface area (Å²) in [6.45, 7) is 77.0. The highest BCUT2D eigenvalue weighted by molar-refractivity contribution is 5.74. The molecule has 5 aromatic rings. The molecule has 0 spiro atoms. The number of carbonyl (C=O) groups excluding carboxylic acids is 7. The molecule has 0 unspecified atom stereocenters. The maximum atomic E-state index is 14.1. The molecule has 788 valence electrons. The fourth-order valence-electron chi connectivity index (χ4n) is 19.6. The predicted molar refractivity (Wildman–Crippen MR) is 566 cm³/mol. The van der Waals surface area contributed by atoms with E-state index >= 15 is 0 Å². The fraction of sp³-hybridized carbons (Fsp3) is 0.692. The second-order valence-corrected chi connectivity index (χ2v) is 54.0. The van der Waals surface area contributed by atoms with E-state index in [0.29, 0.717) is 31.4 Å². The molecule has 6 N–H and O–H groups in total. The number of phenols is 5. The van der Waals surface area contributed by atoms with E-state index in [9.17, 15) is 59.1 Å². The van der Waals surface area contributed by atoms with Crippen LogP contribution in [0.15, 0.2) is 60.7 Å². The lowest BCUT2D eigenvalue weighted by Gasteiger charge is -2.45. The molecule has 1 aliphatic carbocycles. The molecule has 1 saturated carbocycles. The molecular formula is C120H189NO19. The van der Waals surface area contributed by atoms with Gasteiger partial charge in [0.2, 0.25) is 0 Å². The minimum atomic E-state index is -1.58. The van der Waals surface area contributed by atoms with Crippen LogP contribution in [0.3, 0.4) is 0 Å². The van der Waals surface area contributed by atoms with Crippen molar-refractivity contribution in [3.63, 3.8) is 0 Å². The lowest BCUT2D eigenvalue weighted by atomic mass is 9.64. The zero-order valence-corrected chi connectivity index (χ0v) is 94.5. The van der Waals surface area contributed by atoms with E-state index in [1.54, 1.807) is 0 Å². The van der Waals surface area contributed by atoms with Gasteiger partial charge in [0.05, 0.1) is 7.11 Å². The number of esters is 7. The first-order valence-corrected chi connectivity index (χ1v) is 51.7. The second kappa shape index (κ2) is 47.9. The van der Waals surface area contributed by atoms with Gasteiger partial charge in [-0.3, -0.25) is 33.6 Å². The van der Waals surface area contributed by atoms with E-state index < -0.39 is 99.0 Å². The monoisotopic (exact) mass is 1950 g/mol. The van der Waals surface area contributed by atoms with E-state index in [1.165, 1.54) is 13.5 Å². The molecule has 1 heterocycles. The number of methoxy groups -OCH3 is 1. The Morgan fingerprint density at radius 1 is 0.271 bits per heavy atom. The van der Waals surface area contributed by atoms with Crippen LogP contribution in [-0.2, 0) is 153 Å². The molecule has 0 amide bonds. The lowest BCUT2D eigenvalue weighted by Crippen LogP contribution is -2.59. The SMILES string of the molecule is CC(C)(C)c1cc(CCC(=O)OCC(COC(=O)CCc2cc(C(C)(C)C)c(O)c(C(C)(C)C)c2)(COC(=O)CCc2cc(C(C)(C)C)c(O)c(C(C)(C)C)c2)COC(=O)CCc2cc(C(C)(C)C)c(O)c(C(C)(C)C)c2)cc(C(C)(C)C)c1O.CC1(C)CC(OC(=O)CCCCCCCCC(=O)OC2CC(C)(C)NC(C)(C)C2)CC(C)(C)C1.COC(=O)CCc1cc(C(C)(C)C)c(O)c(C(C)(C)C)c1. The van der Waals surface area contributed by atoms with E-state index in [2.05, 4.69) is 102 Å². The molecular weight excluding hydrogens is 1760 g/mol. The zero-order chi connectivity index (χ0) is 107. The number of carbonyl (C=O) groups is 7. The summed E-state index contributed by atoms with van der Waals surface area (Å²) in [4.78, 5) is 92.3. The molecule has 7 rings (SSSR count). The Morgan fingerprint density at radius 2 is 0.450 bits per heavy atom. The Bertz CT molecular complexity index is 4340. The highest BCUT2D eigenvalue weighted by Crippen LogP contribution is 2.50. The molecule has 0 bridgehead atoms. The summed E-state index contributed by atoms with van der Waals surface area (Å²) >= 11 is 0. The number of unbranched alkanes of at least 4 members (excludes halogenated alkanes) is 5. The van der Waals surface area contributed by atoms with Gasteiger partial charge in [0.25, 0.3) is 0 Å². The van der Waals surface area contributed by atoms with Crippen molar-refractivity contribution < 1.29 is 92.3 Å². The summed E-state index contributed by atoms with van der Waals surface area (Å²) in [5, 5.41) is 59.9. The number of piperidine rings is 1. The zero-order valence-electron chi connectivity index (χ0n) is 94.5. The number of aryl methyl sites for hydroxylation is 5. The van der Waals surface area contributed by atoms with Crippen LogP contribution >= 0.6 is 0 Å². The summed E-state index contributed by atoms with van der Waals surface area (Å²) in [6, 6.07) is 19.4.